The van der Waals surface area contributed by atoms with Gasteiger partial charge in [-0.1, -0.05) is 129 Å². The van der Waals surface area contributed by atoms with Crippen molar-refractivity contribution in [2.75, 3.05) is 13.3 Å². The first kappa shape index (κ1) is 28.3. The highest BCUT2D eigenvalue weighted by Gasteiger charge is 2.22. The lowest BCUT2D eigenvalue weighted by molar-refractivity contribution is -0.162. The fraction of sp³-hybridized carbons (Fsp3) is 0.323. The fourth-order valence-electron chi connectivity index (χ4n) is 4.20. The summed E-state index contributed by atoms with van der Waals surface area (Å²) in [6.45, 7) is 4.06. The number of benzene rings is 3. The van der Waals surface area contributed by atoms with E-state index in [2.05, 4.69) is 84.3 Å². The summed E-state index contributed by atoms with van der Waals surface area (Å²) in [5.41, 5.74) is 5.27. The van der Waals surface area contributed by atoms with Gasteiger partial charge in [-0.2, -0.15) is 4.98 Å². The van der Waals surface area contributed by atoms with Crippen molar-refractivity contribution >= 4 is 8.03 Å². The van der Waals surface area contributed by atoms with E-state index in [1.165, 1.54) is 38.5 Å². The Labute approximate surface area is 222 Å². The van der Waals surface area contributed by atoms with Crippen molar-refractivity contribution in [3.63, 3.8) is 0 Å². The van der Waals surface area contributed by atoms with E-state index in [4.69, 9.17) is 19.2 Å². The molecule has 1 aromatic heterocycles. The molecule has 194 valence electrons. The summed E-state index contributed by atoms with van der Waals surface area (Å²) in [5.74, 6) is 0. The summed E-state index contributed by atoms with van der Waals surface area (Å²) in [4.78, 5) is 14.1. The number of aromatic nitrogens is 2. The number of ether oxygens (including phenoxy) is 1. The molecule has 0 aliphatic rings. The number of unbranched alkanes of at least 4 members (excludes halogenated alkanes) is 6. The van der Waals surface area contributed by atoms with Gasteiger partial charge in [0.1, 0.15) is 12.4 Å². The minimum absolute atomic E-state index is 0.657. The van der Waals surface area contributed by atoms with Crippen LogP contribution < -0.4 is 9.63 Å². The molecule has 0 saturated heterocycles. The molecule has 4 aromatic rings. The summed E-state index contributed by atoms with van der Waals surface area (Å²) in [6.07, 6.45) is 8.83. The van der Waals surface area contributed by atoms with E-state index in [1.54, 1.807) is 0 Å². The van der Waals surface area contributed by atoms with Crippen LogP contribution in [-0.4, -0.2) is 22.8 Å². The standard InChI is InChI=1S/C30H34N2O.CH3O2P/c1-2-3-4-5-6-7-17-24-33-30-31-28(25-18-11-8-12-19-25)29(26-20-13-9-14-21-26)32(30)27-22-15-10-16-23-27;1-4(2)3/h8-16,18-23H,2-7,17,24H2,1H3;1H3. The highest BCUT2D eigenvalue weighted by Crippen LogP contribution is 2.37. The van der Waals surface area contributed by atoms with Crippen molar-refractivity contribution in [3.8, 4) is 34.2 Å². The van der Waals surface area contributed by atoms with Gasteiger partial charge in [0.2, 0.25) is 0 Å². The number of hydrogen-bond acceptors (Lipinski definition) is 4. The van der Waals surface area contributed by atoms with Crippen molar-refractivity contribution in [1.29, 1.82) is 0 Å². The molecule has 4 rings (SSSR count). The van der Waals surface area contributed by atoms with E-state index in [0.29, 0.717) is 12.6 Å². The number of rotatable bonds is 12. The molecule has 0 aliphatic carbocycles. The number of para-hydroxylation sites is 1. The molecule has 1 heterocycles. The zero-order valence-corrected chi connectivity index (χ0v) is 22.8. The van der Waals surface area contributed by atoms with Crippen molar-refractivity contribution in [3.05, 3.63) is 91.0 Å². The summed E-state index contributed by atoms with van der Waals surface area (Å²) in [5, 5.41) is 0. The van der Waals surface area contributed by atoms with Crippen LogP contribution in [0.25, 0.3) is 28.2 Å². The van der Waals surface area contributed by atoms with Crippen LogP contribution in [0.15, 0.2) is 91.0 Å². The molecule has 0 radical (unpaired) electrons. The van der Waals surface area contributed by atoms with Gasteiger partial charge in [-0.05, 0) is 18.6 Å². The highest BCUT2D eigenvalue weighted by atomic mass is 31.1. The van der Waals surface area contributed by atoms with Gasteiger partial charge in [0, 0.05) is 11.1 Å². The first-order valence-corrected chi connectivity index (χ1v) is 14.7. The molecule has 0 aliphatic heterocycles. The molecule has 0 spiro atoms. The molecule has 0 amide bonds. The fourth-order valence-corrected chi connectivity index (χ4v) is 4.20. The van der Waals surface area contributed by atoms with Crippen LogP contribution in [0, 0.1) is 0 Å². The van der Waals surface area contributed by atoms with Gasteiger partial charge in [-0.25, -0.2) is 0 Å². The third-order valence-electron chi connectivity index (χ3n) is 5.93. The van der Waals surface area contributed by atoms with Crippen LogP contribution in [0.4, 0.5) is 0 Å². The zero-order chi connectivity index (χ0) is 26.3. The average molecular weight is 517 g/mol. The topological polar surface area (TPSA) is 67.2 Å². The molecule has 3 aromatic carbocycles. The maximum Gasteiger partial charge on any atom is 0.305 e. The molecule has 0 fully saturated rings. The first-order valence-electron chi connectivity index (χ1n) is 13.1. The smallest absolute Gasteiger partial charge is 0.305 e. The van der Waals surface area contributed by atoms with E-state index < -0.39 is 8.03 Å². The monoisotopic (exact) mass is 516 g/mol. The minimum Gasteiger partial charge on any atom is -0.596 e. The van der Waals surface area contributed by atoms with Crippen LogP contribution in [0.5, 0.6) is 6.01 Å². The van der Waals surface area contributed by atoms with Crippen LogP contribution in [0.2, 0.25) is 0 Å². The number of hydrogen-bond donors (Lipinski definition) is 0. The molecule has 5 nitrogen and oxygen atoms in total. The zero-order valence-electron chi connectivity index (χ0n) is 21.9. The van der Waals surface area contributed by atoms with E-state index >= 15 is 0 Å². The predicted octanol–water partition coefficient (Wildman–Crippen LogP) is 8.05. The van der Waals surface area contributed by atoms with E-state index in [-0.39, 0.29) is 0 Å². The minimum atomic E-state index is -2.12. The SMILES string of the molecule is CCCCCCCCCOc1nc(-c2ccccc2)c(-c2ccccc2)n1-c1ccccc1.C[P+](=O)[O-]. The highest BCUT2D eigenvalue weighted by molar-refractivity contribution is 7.35. The molecule has 6 heteroatoms. The molecular formula is C31H37N2O3P. The lowest BCUT2D eigenvalue weighted by atomic mass is 10.0. The second-order valence-corrected chi connectivity index (χ2v) is 9.78. The Hall–Kier alpha value is -3.27. The first-order chi connectivity index (χ1) is 18.1. The second kappa shape index (κ2) is 15.8. The molecular weight excluding hydrogens is 479 g/mol. The Morgan fingerprint density at radius 1 is 0.757 bits per heavy atom. The van der Waals surface area contributed by atoms with Gasteiger partial charge in [0.25, 0.3) is 0 Å². The normalized spacial score (nSPS) is 10.9. The van der Waals surface area contributed by atoms with Gasteiger partial charge >= 0.3 is 14.0 Å². The maximum atomic E-state index is 9.04. The van der Waals surface area contributed by atoms with Gasteiger partial charge in [0.05, 0.1) is 18.0 Å². The van der Waals surface area contributed by atoms with Gasteiger partial charge in [-0.15, -0.1) is 0 Å². The van der Waals surface area contributed by atoms with Crippen LogP contribution in [0.3, 0.4) is 0 Å². The molecule has 37 heavy (non-hydrogen) atoms. The molecule has 0 bridgehead atoms. The third kappa shape index (κ3) is 8.96. The number of imidazole rings is 1. The summed E-state index contributed by atoms with van der Waals surface area (Å²) in [7, 11) is -2.12. The van der Waals surface area contributed by atoms with E-state index in [1.807, 2.05) is 18.2 Å². The predicted molar refractivity (Wildman–Crippen MR) is 151 cm³/mol. The van der Waals surface area contributed by atoms with Crippen LogP contribution in [0.1, 0.15) is 51.9 Å². The summed E-state index contributed by atoms with van der Waals surface area (Å²) in [6, 6.07) is 31.9. The molecule has 1 unspecified atom stereocenters. The largest absolute Gasteiger partial charge is 0.596 e. The summed E-state index contributed by atoms with van der Waals surface area (Å²) < 4.78 is 17.5. The van der Waals surface area contributed by atoms with E-state index in [0.717, 1.165) is 41.3 Å². The van der Waals surface area contributed by atoms with Crippen molar-refractivity contribution in [2.45, 2.75) is 51.9 Å². The van der Waals surface area contributed by atoms with E-state index in [9.17, 15) is 0 Å². The summed E-state index contributed by atoms with van der Waals surface area (Å²) >= 11 is 0. The average Bonchev–Trinajstić information content (AvgIpc) is 3.31. The Morgan fingerprint density at radius 3 is 1.81 bits per heavy atom. The number of nitrogens with zero attached hydrogens (tertiary/aromatic N) is 2. The molecule has 0 N–H and O–H groups in total. The Kier molecular flexibility index (Phi) is 12.1. The molecule has 0 saturated carbocycles. The van der Waals surface area contributed by atoms with Gasteiger partial charge < -0.3 is 9.63 Å². The van der Waals surface area contributed by atoms with Gasteiger partial charge in [0.15, 0.2) is 0 Å². The third-order valence-corrected chi connectivity index (χ3v) is 5.93. The van der Waals surface area contributed by atoms with Crippen molar-refractivity contribution in [1.82, 2.24) is 9.55 Å². The van der Waals surface area contributed by atoms with Crippen molar-refractivity contribution in [2.24, 2.45) is 0 Å². The van der Waals surface area contributed by atoms with Gasteiger partial charge in [-0.3, -0.25) is 4.57 Å². The lowest BCUT2D eigenvalue weighted by Crippen LogP contribution is -2.05. The second-order valence-electron chi connectivity index (χ2n) is 8.90. The quantitative estimate of drug-likeness (QED) is 0.141. The van der Waals surface area contributed by atoms with Crippen LogP contribution >= 0.6 is 8.03 Å². The molecule has 1 atom stereocenters. The Balaban J connectivity index is 0.000000886. The Morgan fingerprint density at radius 2 is 1.24 bits per heavy atom. The maximum absolute atomic E-state index is 9.04. The van der Waals surface area contributed by atoms with Crippen molar-refractivity contribution < 1.29 is 14.2 Å². The lowest BCUT2D eigenvalue weighted by Gasteiger charge is -2.13. The Bertz CT molecular complexity index is 1190. The van der Waals surface area contributed by atoms with Crippen LogP contribution in [-0.2, 0) is 4.57 Å².